The Bertz CT molecular complexity index is 421. The second kappa shape index (κ2) is 6.35. The summed E-state index contributed by atoms with van der Waals surface area (Å²) >= 11 is 0. The minimum absolute atomic E-state index is 0.0102. The van der Waals surface area contributed by atoms with Crippen molar-refractivity contribution in [3.8, 4) is 5.75 Å². The number of nitrogens with zero attached hydrogens (tertiary/aromatic N) is 1. The Hall–Kier alpha value is -1.62. The number of halogens is 1. The van der Waals surface area contributed by atoms with Gasteiger partial charge < -0.3 is 15.0 Å². The summed E-state index contributed by atoms with van der Waals surface area (Å²) in [5, 5.41) is 3.05. The molecule has 0 heterocycles. The van der Waals surface area contributed by atoms with Crippen LogP contribution in [0.15, 0.2) is 18.2 Å². The van der Waals surface area contributed by atoms with Crippen molar-refractivity contribution in [1.82, 2.24) is 10.2 Å². The van der Waals surface area contributed by atoms with E-state index < -0.39 is 5.82 Å². The third-order valence-electron chi connectivity index (χ3n) is 2.64. The number of rotatable bonds is 5. The topological polar surface area (TPSA) is 41.6 Å². The normalized spacial score (nSPS) is 12.1. The Morgan fingerprint density at radius 1 is 1.50 bits per heavy atom. The van der Waals surface area contributed by atoms with Crippen LogP contribution < -0.4 is 10.1 Å². The van der Waals surface area contributed by atoms with Crippen LogP contribution in [0.2, 0.25) is 0 Å². The Morgan fingerprint density at radius 2 is 2.17 bits per heavy atom. The quantitative estimate of drug-likeness (QED) is 0.863. The van der Waals surface area contributed by atoms with Crippen LogP contribution in [-0.4, -0.2) is 38.1 Å². The summed E-state index contributed by atoms with van der Waals surface area (Å²) in [4.78, 5) is 13.1. The van der Waals surface area contributed by atoms with Gasteiger partial charge in [0, 0.05) is 20.6 Å². The highest BCUT2D eigenvalue weighted by atomic mass is 19.1. The molecule has 1 unspecified atom stereocenters. The molecule has 0 aliphatic carbocycles. The lowest BCUT2D eigenvalue weighted by atomic mass is 10.2. The van der Waals surface area contributed by atoms with Gasteiger partial charge in [-0.25, -0.2) is 4.39 Å². The minimum Gasteiger partial charge on any atom is -0.494 e. The van der Waals surface area contributed by atoms with Gasteiger partial charge in [-0.15, -0.1) is 0 Å². The lowest BCUT2D eigenvalue weighted by Gasteiger charge is -2.18. The number of hydrogen-bond acceptors (Lipinski definition) is 3. The van der Waals surface area contributed by atoms with Crippen molar-refractivity contribution in [3.05, 3.63) is 29.6 Å². The van der Waals surface area contributed by atoms with Gasteiger partial charge in [0.05, 0.1) is 13.2 Å². The molecule has 100 valence electrons. The molecule has 4 nitrogen and oxygen atoms in total. The fourth-order valence-corrected chi connectivity index (χ4v) is 1.57. The maximum atomic E-state index is 13.4. The third kappa shape index (κ3) is 3.70. The zero-order valence-electron chi connectivity index (χ0n) is 11.2. The summed E-state index contributed by atoms with van der Waals surface area (Å²) < 4.78 is 18.3. The molecule has 1 N–H and O–H groups in total. The molecule has 1 rings (SSSR count). The largest absolute Gasteiger partial charge is 0.494 e. The summed E-state index contributed by atoms with van der Waals surface area (Å²) in [5.41, 5.74) is 0.770. The van der Waals surface area contributed by atoms with Gasteiger partial charge in [-0.3, -0.25) is 4.79 Å². The van der Waals surface area contributed by atoms with Crippen LogP contribution in [-0.2, 0) is 11.3 Å². The predicted octanol–water partition coefficient (Wildman–Crippen LogP) is 1.40. The van der Waals surface area contributed by atoms with Crippen molar-refractivity contribution in [2.45, 2.75) is 19.5 Å². The van der Waals surface area contributed by atoms with Crippen molar-refractivity contribution < 1.29 is 13.9 Å². The predicted molar refractivity (Wildman–Crippen MR) is 67.9 cm³/mol. The van der Waals surface area contributed by atoms with Crippen LogP contribution >= 0.6 is 0 Å². The summed E-state index contributed by atoms with van der Waals surface area (Å²) in [7, 11) is 4.83. The van der Waals surface area contributed by atoms with Crippen molar-refractivity contribution in [3.63, 3.8) is 0 Å². The molecular weight excluding hydrogens is 235 g/mol. The highest BCUT2D eigenvalue weighted by Gasteiger charge is 2.14. The highest BCUT2D eigenvalue weighted by Crippen LogP contribution is 2.17. The number of carbonyl (C=O) groups excluding carboxylic acids is 1. The first-order valence-corrected chi connectivity index (χ1v) is 5.72. The van der Waals surface area contributed by atoms with Crippen LogP contribution in [0.5, 0.6) is 5.75 Å². The Kier molecular flexibility index (Phi) is 5.09. The van der Waals surface area contributed by atoms with Gasteiger partial charge in [-0.2, -0.15) is 0 Å². The summed E-state index contributed by atoms with van der Waals surface area (Å²) in [6.45, 7) is 2.21. The van der Waals surface area contributed by atoms with E-state index in [9.17, 15) is 9.18 Å². The summed E-state index contributed by atoms with van der Waals surface area (Å²) in [5.74, 6) is -0.191. The van der Waals surface area contributed by atoms with Crippen LogP contribution in [0, 0.1) is 5.82 Å². The molecule has 0 saturated carbocycles. The number of ether oxygens (including phenoxy) is 1. The lowest BCUT2D eigenvalue weighted by Crippen LogP contribution is -2.41. The minimum atomic E-state index is -0.400. The second-order valence-corrected chi connectivity index (χ2v) is 4.30. The molecular formula is C13H19FN2O2. The number of likely N-dealkylation sites (N-methyl/N-ethyl adjacent to an activating group) is 1. The van der Waals surface area contributed by atoms with Crippen LogP contribution in [0.3, 0.4) is 0 Å². The summed E-state index contributed by atoms with van der Waals surface area (Å²) in [6.07, 6.45) is 0. The van der Waals surface area contributed by atoms with E-state index in [2.05, 4.69) is 5.32 Å². The molecule has 0 radical (unpaired) electrons. The molecule has 0 bridgehead atoms. The number of amides is 1. The maximum absolute atomic E-state index is 13.4. The molecule has 0 saturated heterocycles. The number of methoxy groups -OCH3 is 1. The Morgan fingerprint density at radius 3 is 2.67 bits per heavy atom. The van der Waals surface area contributed by atoms with E-state index >= 15 is 0 Å². The third-order valence-corrected chi connectivity index (χ3v) is 2.64. The van der Waals surface area contributed by atoms with Gasteiger partial charge >= 0.3 is 0 Å². The average molecular weight is 254 g/mol. The smallest absolute Gasteiger partial charge is 0.238 e. The van der Waals surface area contributed by atoms with Gasteiger partial charge in [0.2, 0.25) is 5.91 Å². The second-order valence-electron chi connectivity index (χ2n) is 4.30. The lowest BCUT2D eigenvalue weighted by molar-refractivity contribution is -0.130. The Balaban J connectivity index is 2.59. The number of nitrogens with one attached hydrogen (secondary N) is 1. The van der Waals surface area contributed by atoms with Crippen molar-refractivity contribution in [2.24, 2.45) is 0 Å². The Labute approximate surface area is 107 Å². The molecule has 0 aliphatic heterocycles. The van der Waals surface area contributed by atoms with E-state index in [0.717, 1.165) is 5.56 Å². The van der Waals surface area contributed by atoms with E-state index in [-0.39, 0.29) is 17.7 Å². The van der Waals surface area contributed by atoms with Crippen LogP contribution in [0.4, 0.5) is 4.39 Å². The number of carbonyl (C=O) groups is 1. The zero-order chi connectivity index (χ0) is 13.7. The first kappa shape index (κ1) is 14.4. The summed E-state index contributed by atoms with van der Waals surface area (Å²) in [6, 6.07) is 4.44. The van der Waals surface area contributed by atoms with E-state index in [4.69, 9.17) is 4.74 Å². The number of benzene rings is 1. The van der Waals surface area contributed by atoms with Crippen LogP contribution in [0.25, 0.3) is 0 Å². The first-order valence-electron chi connectivity index (χ1n) is 5.72. The molecule has 18 heavy (non-hydrogen) atoms. The molecule has 1 aromatic rings. The molecule has 1 atom stereocenters. The molecule has 1 aromatic carbocycles. The van der Waals surface area contributed by atoms with E-state index in [1.54, 1.807) is 33.2 Å². The first-order chi connectivity index (χ1) is 8.45. The van der Waals surface area contributed by atoms with Gasteiger partial charge in [0.15, 0.2) is 11.6 Å². The van der Waals surface area contributed by atoms with Crippen molar-refractivity contribution in [1.29, 1.82) is 0 Å². The number of hydrogen-bond donors (Lipinski definition) is 1. The van der Waals surface area contributed by atoms with Gasteiger partial charge in [-0.05, 0) is 24.6 Å². The fraction of sp³-hybridized carbons (Fsp3) is 0.462. The zero-order valence-corrected chi connectivity index (χ0v) is 11.2. The van der Waals surface area contributed by atoms with Crippen molar-refractivity contribution in [2.75, 3.05) is 21.2 Å². The van der Waals surface area contributed by atoms with Crippen LogP contribution in [0.1, 0.15) is 12.5 Å². The van der Waals surface area contributed by atoms with Crippen molar-refractivity contribution >= 4 is 5.91 Å². The molecule has 0 spiro atoms. The molecule has 0 fully saturated rings. The van der Waals surface area contributed by atoms with E-state index in [0.29, 0.717) is 6.54 Å². The standard InChI is InChI=1S/C13H19FN2O2/c1-9(13(17)16(2)3)15-8-10-5-6-12(18-4)11(14)7-10/h5-7,9,15H,8H2,1-4H3. The molecule has 0 aromatic heterocycles. The molecule has 1 amide bonds. The van der Waals surface area contributed by atoms with Gasteiger partial charge in [0.1, 0.15) is 0 Å². The van der Waals surface area contributed by atoms with Gasteiger partial charge in [-0.1, -0.05) is 6.07 Å². The van der Waals surface area contributed by atoms with E-state index in [1.165, 1.54) is 18.1 Å². The highest BCUT2D eigenvalue weighted by molar-refractivity contribution is 5.80. The van der Waals surface area contributed by atoms with Gasteiger partial charge in [0.25, 0.3) is 0 Å². The molecule has 0 aliphatic rings. The molecule has 5 heteroatoms. The maximum Gasteiger partial charge on any atom is 0.238 e. The monoisotopic (exact) mass is 254 g/mol. The van der Waals surface area contributed by atoms with E-state index in [1.807, 2.05) is 0 Å². The fourth-order valence-electron chi connectivity index (χ4n) is 1.57. The average Bonchev–Trinajstić information content (AvgIpc) is 2.35. The SMILES string of the molecule is COc1ccc(CNC(C)C(=O)N(C)C)cc1F.